The second-order valence-corrected chi connectivity index (χ2v) is 11.5. The zero-order valence-corrected chi connectivity index (χ0v) is 25.9. The summed E-state index contributed by atoms with van der Waals surface area (Å²) >= 11 is 0. The zero-order valence-electron chi connectivity index (χ0n) is 25.9. The summed E-state index contributed by atoms with van der Waals surface area (Å²) in [7, 11) is 0. The molecule has 4 atom stereocenters. The van der Waals surface area contributed by atoms with E-state index < -0.39 is 73.2 Å². The molecule has 14 nitrogen and oxygen atoms in total. The van der Waals surface area contributed by atoms with Gasteiger partial charge in [0.25, 0.3) is 0 Å². The normalized spacial score (nSPS) is 19.0. The Hall–Kier alpha value is -4.50. The Balaban J connectivity index is 1.23. The lowest BCUT2D eigenvalue weighted by molar-refractivity contribution is -0.169. The highest BCUT2D eigenvalue weighted by Gasteiger charge is 2.40. The predicted molar refractivity (Wildman–Crippen MR) is 164 cm³/mol. The van der Waals surface area contributed by atoms with Gasteiger partial charge in [0.15, 0.2) is 13.5 Å². The van der Waals surface area contributed by atoms with E-state index in [0.29, 0.717) is 0 Å². The van der Waals surface area contributed by atoms with Crippen LogP contribution in [0.3, 0.4) is 0 Å². The van der Waals surface area contributed by atoms with Crippen molar-refractivity contribution in [1.82, 2.24) is 19.6 Å². The smallest absolute Gasteiger partial charge is 0.324 e. The fourth-order valence-electron chi connectivity index (χ4n) is 5.27. The first kappa shape index (κ1) is 34.4. The van der Waals surface area contributed by atoms with Gasteiger partial charge in [-0.3, -0.25) is 38.6 Å². The van der Waals surface area contributed by atoms with Gasteiger partial charge in [-0.2, -0.15) is 0 Å². The molecule has 0 aromatic heterocycles. The summed E-state index contributed by atoms with van der Waals surface area (Å²) in [6.07, 6.45) is 0.496. The van der Waals surface area contributed by atoms with Gasteiger partial charge in [-0.25, -0.2) is 9.80 Å². The van der Waals surface area contributed by atoms with Crippen LogP contribution in [0.15, 0.2) is 60.7 Å². The van der Waals surface area contributed by atoms with Crippen LogP contribution >= 0.6 is 0 Å². The van der Waals surface area contributed by atoms with Crippen molar-refractivity contribution in [3.05, 3.63) is 71.8 Å². The molecule has 4 amide bonds. The molecule has 14 heteroatoms. The van der Waals surface area contributed by atoms with Crippen molar-refractivity contribution < 1.29 is 38.2 Å². The van der Waals surface area contributed by atoms with Gasteiger partial charge in [-0.05, 0) is 37.8 Å². The number of piperazine rings is 2. The molecule has 46 heavy (non-hydrogen) atoms. The number of nitrogens with two attached hydrogens (primary N) is 2. The van der Waals surface area contributed by atoms with Crippen molar-refractivity contribution in [3.63, 3.8) is 0 Å². The number of hydrogen-bond acceptors (Lipinski definition) is 12. The van der Waals surface area contributed by atoms with E-state index in [1.54, 1.807) is 23.6 Å². The van der Waals surface area contributed by atoms with Crippen LogP contribution in [0.4, 0.5) is 0 Å². The lowest BCUT2D eigenvalue weighted by Crippen LogP contribution is -2.63. The van der Waals surface area contributed by atoms with Gasteiger partial charge in [0.2, 0.25) is 23.6 Å². The average Bonchev–Trinajstić information content (AvgIpc) is 3.03. The molecule has 2 saturated heterocycles. The van der Waals surface area contributed by atoms with Crippen LogP contribution in [0, 0.1) is 0 Å². The fourth-order valence-corrected chi connectivity index (χ4v) is 5.27. The predicted octanol–water partition coefficient (Wildman–Crippen LogP) is -0.754. The first-order valence-electron chi connectivity index (χ1n) is 15.0. The average molecular weight is 637 g/mol. The van der Waals surface area contributed by atoms with Crippen LogP contribution in [-0.2, 0) is 51.1 Å². The third-order valence-electron chi connectivity index (χ3n) is 8.28. The Labute approximate surface area is 267 Å². The maximum absolute atomic E-state index is 12.9. The van der Waals surface area contributed by atoms with Crippen LogP contribution in [0.2, 0.25) is 0 Å². The van der Waals surface area contributed by atoms with Gasteiger partial charge < -0.3 is 20.9 Å². The highest BCUT2D eigenvalue weighted by Crippen LogP contribution is 2.18. The van der Waals surface area contributed by atoms with Crippen molar-refractivity contribution in [2.45, 2.75) is 50.9 Å². The number of imide groups is 2. The largest absolute Gasteiger partial charge is 0.443 e. The summed E-state index contributed by atoms with van der Waals surface area (Å²) in [6, 6.07) is 15.6. The molecule has 2 unspecified atom stereocenters. The fraction of sp³-hybridized carbons (Fsp3) is 0.438. The molecule has 0 saturated carbocycles. The number of ether oxygens (including phenoxy) is 2. The van der Waals surface area contributed by atoms with Gasteiger partial charge in [-0.1, -0.05) is 60.7 Å². The van der Waals surface area contributed by atoms with Crippen molar-refractivity contribution in [1.29, 1.82) is 0 Å². The van der Waals surface area contributed by atoms with E-state index in [1.165, 1.54) is 0 Å². The summed E-state index contributed by atoms with van der Waals surface area (Å²) in [4.78, 5) is 81.3. The minimum Gasteiger partial charge on any atom is -0.443 e. The quantitative estimate of drug-likeness (QED) is 0.207. The summed E-state index contributed by atoms with van der Waals surface area (Å²) in [5.41, 5.74) is 13.6. The van der Waals surface area contributed by atoms with Crippen molar-refractivity contribution >= 4 is 35.6 Å². The first-order valence-corrected chi connectivity index (χ1v) is 15.0. The van der Waals surface area contributed by atoms with E-state index in [0.717, 1.165) is 20.9 Å². The molecule has 0 aliphatic carbocycles. The van der Waals surface area contributed by atoms with E-state index in [4.69, 9.17) is 20.9 Å². The Bertz CT molecular complexity index is 1280. The number of carbonyl (C=O) groups excluding carboxylic acids is 6. The summed E-state index contributed by atoms with van der Waals surface area (Å²) in [6.45, 7) is 1.98. The summed E-state index contributed by atoms with van der Waals surface area (Å²) < 4.78 is 10.4. The maximum atomic E-state index is 12.9. The van der Waals surface area contributed by atoms with E-state index >= 15 is 0 Å². The lowest BCUT2D eigenvalue weighted by Gasteiger charge is -2.43. The topological polar surface area (TPSA) is 186 Å². The molecule has 2 aromatic rings. The molecule has 4 rings (SSSR count). The molecular weight excluding hydrogens is 596 g/mol. The highest BCUT2D eigenvalue weighted by atomic mass is 16.6. The van der Waals surface area contributed by atoms with Gasteiger partial charge in [-0.15, -0.1) is 0 Å². The van der Waals surface area contributed by atoms with Crippen LogP contribution in [0.25, 0.3) is 0 Å². The highest BCUT2D eigenvalue weighted by molar-refractivity contribution is 6.00. The van der Waals surface area contributed by atoms with Crippen LogP contribution in [0.5, 0.6) is 0 Å². The first-order chi connectivity index (χ1) is 21.9. The monoisotopic (exact) mass is 636 g/mol. The molecule has 2 aromatic carbocycles. The van der Waals surface area contributed by atoms with Gasteiger partial charge in [0.05, 0.1) is 26.2 Å². The number of benzene rings is 2. The zero-order chi connectivity index (χ0) is 33.4. The molecule has 2 fully saturated rings. The van der Waals surface area contributed by atoms with Crippen LogP contribution in [-0.4, -0.2) is 119 Å². The number of hydrogen-bond donors (Lipinski definition) is 2. The Morgan fingerprint density at radius 2 is 0.913 bits per heavy atom. The molecule has 2 heterocycles. The Kier molecular flexibility index (Phi) is 11.7. The van der Waals surface area contributed by atoms with Gasteiger partial charge in [0.1, 0.15) is 12.1 Å². The SMILES string of the molecule is CC(C(C)N1CC(=O)N(COC(=O)[C@@H](N)Cc2ccccc2)C(=O)C1)N1CC(=O)N(COC(=O)[C@@H](N)Cc2ccccc2)C(=O)C1. The second kappa shape index (κ2) is 15.7. The molecule has 0 bridgehead atoms. The van der Waals surface area contributed by atoms with Gasteiger partial charge in [0, 0.05) is 12.1 Å². The molecule has 246 valence electrons. The molecular formula is C32H40N6O8. The number of amides is 4. The van der Waals surface area contributed by atoms with Crippen molar-refractivity contribution in [3.8, 4) is 0 Å². The molecule has 0 spiro atoms. The lowest BCUT2D eigenvalue weighted by atomic mass is 10.1. The van der Waals surface area contributed by atoms with Crippen LogP contribution < -0.4 is 11.5 Å². The number of carbonyl (C=O) groups is 6. The molecule has 2 aliphatic rings. The minimum atomic E-state index is -0.954. The summed E-state index contributed by atoms with van der Waals surface area (Å²) in [5, 5.41) is 0. The third kappa shape index (κ3) is 8.81. The van der Waals surface area contributed by atoms with E-state index in [9.17, 15) is 28.8 Å². The Morgan fingerprint density at radius 3 is 1.22 bits per heavy atom. The van der Waals surface area contributed by atoms with Crippen molar-refractivity contribution in [2.24, 2.45) is 11.5 Å². The van der Waals surface area contributed by atoms with Crippen molar-refractivity contribution in [2.75, 3.05) is 39.6 Å². The molecule has 4 N–H and O–H groups in total. The Morgan fingerprint density at radius 1 is 0.609 bits per heavy atom. The van der Waals surface area contributed by atoms with Crippen LogP contribution in [0.1, 0.15) is 25.0 Å². The number of nitrogens with zero attached hydrogens (tertiary/aromatic N) is 4. The van der Waals surface area contributed by atoms with E-state index in [2.05, 4.69) is 0 Å². The minimum absolute atomic E-state index is 0.133. The van der Waals surface area contributed by atoms with E-state index in [1.807, 2.05) is 60.7 Å². The second-order valence-electron chi connectivity index (χ2n) is 11.5. The number of esters is 2. The third-order valence-corrected chi connectivity index (χ3v) is 8.28. The summed E-state index contributed by atoms with van der Waals surface area (Å²) in [5.74, 6) is -3.67. The molecule has 0 radical (unpaired) electrons. The maximum Gasteiger partial charge on any atom is 0.324 e. The standard InChI is InChI=1S/C32H40N6O8/c1-21(35-15-27(39)37(28(40)16-35)19-45-31(43)25(33)13-23-9-5-3-6-10-23)22(2)36-17-29(41)38(30(42)18-36)20-46-32(44)26(34)14-24-11-7-4-8-12-24/h3-12,21-22,25-26H,13-20,33-34H2,1-2H3/t21?,22?,25-,26-/m0/s1. The van der Waals surface area contributed by atoms with Gasteiger partial charge >= 0.3 is 11.9 Å². The number of rotatable bonds is 13. The molecule has 2 aliphatic heterocycles. The van der Waals surface area contributed by atoms with E-state index in [-0.39, 0.29) is 39.0 Å².